The number of para-hydroxylation sites is 1. The number of primary amides is 2. The summed E-state index contributed by atoms with van der Waals surface area (Å²) in [6.07, 6.45) is 2.64. The minimum absolute atomic E-state index is 0.0813. The first kappa shape index (κ1) is 116. The molecule has 0 radical (unpaired) electrons. The second-order valence-electron chi connectivity index (χ2n) is 38.0. The van der Waals surface area contributed by atoms with E-state index in [1.165, 1.54) is 107 Å². The lowest BCUT2D eigenvalue weighted by Gasteiger charge is -2.34. The molecule has 764 valence electrons. The Morgan fingerprint density at radius 1 is 0.554 bits per heavy atom. The number of allylic oxidation sites excluding steroid dienone is 2. The fraction of sp³-hybridized carbons (Fsp3) is 0.571. The summed E-state index contributed by atoms with van der Waals surface area (Å²) in [5, 5.41) is 66.8. The highest BCUT2D eigenvalue weighted by atomic mass is 16.4. The Morgan fingerprint density at radius 2 is 1.13 bits per heavy atom. The summed E-state index contributed by atoms with van der Waals surface area (Å²) in [5.41, 5.74) is 12.9. The first-order valence-electron chi connectivity index (χ1n) is 47.3. The number of aliphatic carboxylic acids is 1. The molecule has 0 saturated heterocycles. The van der Waals surface area contributed by atoms with Crippen LogP contribution in [0.1, 0.15) is 230 Å². The minimum atomic E-state index is -2.08. The van der Waals surface area contributed by atoms with Gasteiger partial charge in [-0.3, -0.25) is 95.9 Å². The van der Waals surface area contributed by atoms with Crippen LogP contribution in [0.2, 0.25) is 0 Å². The molecule has 14 amide bonds. The molecule has 5 rings (SSSR count). The van der Waals surface area contributed by atoms with Crippen LogP contribution < -0.4 is 91.4 Å². The maximum absolute atomic E-state index is 15.6. The van der Waals surface area contributed by atoms with E-state index in [2.05, 4.69) is 85.0 Å². The number of H-pyrrole nitrogens is 1. The van der Waals surface area contributed by atoms with E-state index >= 15 is 28.8 Å². The number of nitrogens with one attached hydrogen (secondary N) is 16. The summed E-state index contributed by atoms with van der Waals surface area (Å²) in [5.74, 6) is -21.6. The van der Waals surface area contributed by atoms with Crippen LogP contribution in [0, 0.1) is 23.7 Å². The summed E-state index contributed by atoms with van der Waals surface area (Å²) in [6.45, 7) is 22.8. The molecule has 23 N–H and O–H groups in total. The number of aliphatic hydroxyl groups excluding tert-OH is 1. The lowest BCUT2D eigenvalue weighted by Crippen LogP contribution is -2.65. The number of hydrazine groups is 1. The zero-order valence-corrected chi connectivity index (χ0v) is 82.4. The van der Waals surface area contributed by atoms with Gasteiger partial charge in [-0.2, -0.15) is 0 Å². The van der Waals surface area contributed by atoms with Crippen LogP contribution in [-0.4, -0.2) is 240 Å². The number of aromatic hydroxyl groups is 1. The number of phenolic OH excluding ortho intramolecular Hbond substituents is 1. The topological polar surface area (TPSA) is 650 Å². The monoisotopic (exact) mass is 1940 g/mol. The molecule has 0 fully saturated rings. The molecule has 1 aromatic heterocycles. The molecule has 0 saturated carbocycles. The molecule has 41 nitrogen and oxygen atoms in total. The summed E-state index contributed by atoms with van der Waals surface area (Å²) in [7, 11) is 0. The molecular weight excluding hydrogens is 1800 g/mol. The molecule has 4 aromatic rings. The number of fused-ring (bicyclic) bond motifs is 1. The smallest absolute Gasteiger partial charge is 0.303 e. The standard InChI is InChI=1S/C98H144N18O23/c1-53(2)45-66-52-102-70(39-41-77(99)121)83(127)81(125)57(7)104-89(133)75(50-65-51-101-69-34-28-27-33-68(65)69)109-90(134)73(49-64-35-37-67(119)38-36-64)108-88(132)71(40-42-78(122)123)111-95(139)98(16,114-92(136)74(48-63-31-25-24-26-32-63)110-93(137)79(61(11)117)112-91(135)72(46-54(3)4)107-62(12)118)44-30-23-21-19-17-18-20-22-29-43-97(15,113-87(66)131)94(138)106-60(10)86(130)105-59(9)85(129)103-56(6)80(124)82(126)58(8)115-116-96(13,14)76(120)47-55(5)84(100)128/h18,20,24-28,31-38,51,53-61,66,70-75,79,101-102,115-117,119H,17,19,21-23,29-30,39-50,52H2,1-16H3,(H2,99,121)(H2,100,128)(H,103,129)(H,104,133)(H,105,130)(H,106,138)(H,107,118)(H,108,132)(H,109,134)(H,110,137)(H,111,139)(H,112,135)(H,113,131)(H,114,136)(H,122,123)/b20-18+/t55-,56-,57?,58-,59?,60-,61+,66+,70-,71-,72-,73?,74-,75-,79-,97-,98-/m0/s1. The van der Waals surface area contributed by atoms with Crippen molar-refractivity contribution in [1.82, 2.24) is 85.0 Å². The van der Waals surface area contributed by atoms with Crippen molar-refractivity contribution in [3.63, 3.8) is 0 Å². The number of benzene rings is 3. The van der Waals surface area contributed by atoms with Gasteiger partial charge in [0.05, 0.1) is 41.7 Å². The Hall–Kier alpha value is -13.0. The van der Waals surface area contributed by atoms with Crippen molar-refractivity contribution in [2.75, 3.05) is 6.54 Å². The van der Waals surface area contributed by atoms with E-state index < -0.39 is 257 Å². The van der Waals surface area contributed by atoms with E-state index in [9.17, 15) is 82.4 Å². The predicted molar refractivity (Wildman–Crippen MR) is 514 cm³/mol. The average molecular weight is 1940 g/mol. The molecule has 0 spiro atoms. The van der Waals surface area contributed by atoms with Gasteiger partial charge in [0.15, 0.2) is 5.78 Å². The second kappa shape index (κ2) is 55.5. The highest BCUT2D eigenvalue weighted by Gasteiger charge is 2.44. The van der Waals surface area contributed by atoms with Crippen LogP contribution in [0.25, 0.3) is 10.9 Å². The van der Waals surface area contributed by atoms with Crippen LogP contribution in [0.5, 0.6) is 5.75 Å². The average Bonchev–Trinajstić information content (AvgIpc) is 1.63. The van der Waals surface area contributed by atoms with Crippen molar-refractivity contribution < 1.29 is 111 Å². The van der Waals surface area contributed by atoms with Crippen LogP contribution >= 0.6 is 0 Å². The number of Topliss-reactive ketones (excluding diaryl/α,β-unsaturated/α-hetero) is 5. The number of rotatable bonds is 40. The Morgan fingerprint density at radius 3 is 1.73 bits per heavy atom. The van der Waals surface area contributed by atoms with E-state index in [-0.39, 0.29) is 81.9 Å². The number of aromatic amines is 1. The fourth-order valence-corrected chi connectivity index (χ4v) is 15.5. The number of phenols is 1. The molecule has 139 heavy (non-hydrogen) atoms. The molecule has 3 aromatic carbocycles. The first-order valence-corrected chi connectivity index (χ1v) is 47.3. The molecule has 2 heterocycles. The van der Waals surface area contributed by atoms with Gasteiger partial charge in [0.1, 0.15) is 65.2 Å². The van der Waals surface area contributed by atoms with Gasteiger partial charge in [-0.25, -0.2) is 10.9 Å². The van der Waals surface area contributed by atoms with E-state index in [1.54, 1.807) is 88.5 Å². The molecule has 41 heteroatoms. The zero-order valence-electron chi connectivity index (χ0n) is 82.4. The Kier molecular flexibility index (Phi) is 46.5. The van der Waals surface area contributed by atoms with E-state index in [0.29, 0.717) is 59.7 Å². The summed E-state index contributed by atoms with van der Waals surface area (Å²) < 4.78 is 0. The van der Waals surface area contributed by atoms with Gasteiger partial charge in [-0.05, 0) is 180 Å². The minimum Gasteiger partial charge on any atom is -0.508 e. The number of aliphatic hydroxyl groups is 1. The number of aromatic nitrogens is 1. The third-order valence-corrected chi connectivity index (χ3v) is 24.1. The lowest BCUT2D eigenvalue weighted by molar-refractivity contribution is -0.140. The number of carbonyl (C=O) groups is 20. The van der Waals surface area contributed by atoms with Crippen LogP contribution in [0.3, 0.4) is 0 Å². The largest absolute Gasteiger partial charge is 0.508 e. The zero-order chi connectivity index (χ0) is 104. The Labute approximate surface area is 810 Å². The fourth-order valence-electron chi connectivity index (χ4n) is 15.5. The number of amides is 14. The van der Waals surface area contributed by atoms with Gasteiger partial charge in [-0.1, -0.05) is 127 Å². The molecule has 1 aliphatic rings. The maximum atomic E-state index is 15.6. The maximum Gasteiger partial charge on any atom is 0.303 e. The molecule has 3 unspecified atom stereocenters. The van der Waals surface area contributed by atoms with Gasteiger partial charge in [0, 0.05) is 75.0 Å². The van der Waals surface area contributed by atoms with Crippen LogP contribution in [0.15, 0.2) is 97.2 Å². The molecule has 0 bridgehead atoms. The number of ketones is 5. The quantitative estimate of drug-likeness (QED) is 0.0170. The normalized spacial score (nSPS) is 21.9. The van der Waals surface area contributed by atoms with E-state index in [1.807, 2.05) is 12.2 Å². The summed E-state index contributed by atoms with van der Waals surface area (Å²) >= 11 is 0. The van der Waals surface area contributed by atoms with Crippen molar-refractivity contribution in [1.29, 1.82) is 0 Å². The number of carbonyl (C=O) groups excluding carboxylic acids is 19. The Balaban J connectivity index is 1.59. The van der Waals surface area contributed by atoms with Gasteiger partial charge in [-0.15, -0.1) is 0 Å². The van der Waals surface area contributed by atoms with Crippen molar-refractivity contribution in [2.24, 2.45) is 35.1 Å². The third kappa shape index (κ3) is 38.4. The summed E-state index contributed by atoms with van der Waals surface area (Å²) in [6, 6.07) is 2.11. The second-order valence-corrected chi connectivity index (χ2v) is 38.0. The van der Waals surface area contributed by atoms with Gasteiger partial charge >= 0.3 is 5.97 Å². The van der Waals surface area contributed by atoms with Crippen LogP contribution in [0.4, 0.5) is 0 Å². The highest BCUT2D eigenvalue weighted by Crippen LogP contribution is 2.26. The molecule has 17 atom stereocenters. The lowest BCUT2D eigenvalue weighted by atomic mass is 9.89. The number of hydrogen-bond acceptors (Lipinski definition) is 25. The molecule has 0 aliphatic carbocycles. The first-order chi connectivity index (χ1) is 65.1. The molecule has 1 aliphatic heterocycles. The van der Waals surface area contributed by atoms with E-state index in [0.717, 1.165) is 0 Å². The van der Waals surface area contributed by atoms with Crippen LogP contribution in [-0.2, 0) is 115 Å². The molecular formula is C98H144N18O23. The number of carboxylic acid groups (broad SMARTS) is 1. The summed E-state index contributed by atoms with van der Waals surface area (Å²) in [4.78, 5) is 284. The van der Waals surface area contributed by atoms with Gasteiger partial charge in [0.2, 0.25) is 106 Å². The van der Waals surface area contributed by atoms with E-state index in [4.69, 9.17) is 11.5 Å². The van der Waals surface area contributed by atoms with Crippen molar-refractivity contribution in [3.05, 3.63) is 114 Å². The van der Waals surface area contributed by atoms with Crippen molar-refractivity contribution >= 4 is 128 Å². The van der Waals surface area contributed by atoms with Gasteiger partial charge < -0.3 is 101 Å². The van der Waals surface area contributed by atoms with Gasteiger partial charge in [0.25, 0.3) is 0 Å². The van der Waals surface area contributed by atoms with Crippen molar-refractivity contribution in [3.8, 4) is 5.75 Å². The number of hydrogen-bond donors (Lipinski definition) is 21. The SMILES string of the molecule is CC(=O)N[C@@H](CC(C)C)C(=O)N[C@H](C(=O)N[C@@H](Cc1ccccc1)C(=O)N[C@@]1(C)CCCCCC/C=C/CCC[C@@](C)(C(=O)N[C@@H](C)C(=O)NC(C)C(=O)N[C@@H](C)C(=O)C(=O)[C@H](C)NNC(C)(C)C(=O)C[C@H](C)C(N)=O)NC(=O)[C@H](CC(C)C)CN[C@@H](CCC(N)=O)C(=O)C(=O)C(C)NC(=O)[C@H](Cc2c[nH]c3ccccc23)NC(=O)C(Cc2ccc(O)cc2)NC(=O)[C@H](CCC(=O)O)NC1=O)[C@@H](C)O. The van der Waals surface area contributed by atoms with Crippen molar-refractivity contribution in [2.45, 2.75) is 328 Å². The highest BCUT2D eigenvalue weighted by molar-refractivity contribution is 6.41. The predicted octanol–water partition coefficient (Wildman–Crippen LogP) is 1.48. The number of carboxylic acids is 1. The third-order valence-electron chi connectivity index (χ3n) is 24.1. The Bertz CT molecular complexity index is 5020. The number of nitrogens with two attached hydrogens (primary N) is 2.